The lowest BCUT2D eigenvalue weighted by molar-refractivity contribution is -0.122. The molecule has 1 aliphatic heterocycles. The predicted octanol–water partition coefficient (Wildman–Crippen LogP) is 3.87. The third kappa shape index (κ3) is 7.71. The number of benzene rings is 2. The largest absolute Gasteiger partial charge is 0.362 e. The quantitative estimate of drug-likeness (QED) is 0.380. The fourth-order valence-electron chi connectivity index (χ4n) is 3.38. The third-order valence-corrected chi connectivity index (χ3v) is 6.44. The number of likely N-dealkylation sites (tertiary alicyclic amines) is 1. The third-order valence-electron chi connectivity index (χ3n) is 5.02. The van der Waals surface area contributed by atoms with Gasteiger partial charge in [0.1, 0.15) is 0 Å². The van der Waals surface area contributed by atoms with Gasteiger partial charge in [-0.3, -0.25) is 4.79 Å². The summed E-state index contributed by atoms with van der Waals surface area (Å²) < 4.78 is 0. The zero-order chi connectivity index (χ0) is 20.3. The summed E-state index contributed by atoms with van der Waals surface area (Å²) >= 11 is 7.38. The molecular weight excluding hydrogens is 398 g/mol. The van der Waals surface area contributed by atoms with Gasteiger partial charge in [-0.1, -0.05) is 48.5 Å². The Morgan fingerprint density at radius 1 is 1.03 bits per heavy atom. The Labute approximate surface area is 183 Å². The average molecular weight is 428 g/mol. The first-order valence-corrected chi connectivity index (χ1v) is 11.6. The maximum atomic E-state index is 12.2. The van der Waals surface area contributed by atoms with Crippen LogP contribution in [0.5, 0.6) is 0 Å². The van der Waals surface area contributed by atoms with E-state index >= 15 is 0 Å². The van der Waals surface area contributed by atoms with E-state index in [2.05, 4.69) is 51.9 Å². The van der Waals surface area contributed by atoms with Gasteiger partial charge in [0, 0.05) is 42.7 Å². The molecule has 1 amide bonds. The number of carbonyl (C=O) groups excluding carboxylic acids is 1. The molecule has 1 fully saturated rings. The van der Waals surface area contributed by atoms with Crippen molar-refractivity contribution in [3.63, 3.8) is 0 Å². The highest BCUT2D eigenvalue weighted by Crippen LogP contribution is 2.16. The molecular formula is C23H29N3OS2. The molecule has 4 nitrogen and oxygen atoms in total. The van der Waals surface area contributed by atoms with Crippen molar-refractivity contribution >= 4 is 35.0 Å². The second kappa shape index (κ2) is 11.8. The molecule has 0 radical (unpaired) electrons. The molecule has 29 heavy (non-hydrogen) atoms. The number of thioether (sulfide) groups is 1. The Bertz CT molecular complexity index is 762. The predicted molar refractivity (Wildman–Crippen MR) is 125 cm³/mol. The van der Waals surface area contributed by atoms with Gasteiger partial charge in [-0.15, -0.1) is 11.8 Å². The van der Waals surface area contributed by atoms with Crippen LogP contribution in [0.4, 0.5) is 0 Å². The number of carbonyl (C=O) groups is 1. The zero-order valence-corrected chi connectivity index (χ0v) is 18.3. The van der Waals surface area contributed by atoms with Crippen LogP contribution in [0.3, 0.4) is 0 Å². The number of amides is 1. The van der Waals surface area contributed by atoms with E-state index in [-0.39, 0.29) is 11.9 Å². The van der Waals surface area contributed by atoms with Crippen molar-refractivity contribution in [3.8, 4) is 0 Å². The number of hydrogen-bond acceptors (Lipinski definition) is 3. The molecule has 0 aromatic heterocycles. The zero-order valence-electron chi connectivity index (χ0n) is 16.7. The van der Waals surface area contributed by atoms with Crippen LogP contribution >= 0.6 is 24.0 Å². The molecule has 0 spiro atoms. The lowest BCUT2D eigenvalue weighted by atomic mass is 10.0. The summed E-state index contributed by atoms with van der Waals surface area (Å²) in [6, 6.07) is 20.8. The van der Waals surface area contributed by atoms with Crippen molar-refractivity contribution in [1.29, 1.82) is 0 Å². The smallest absolute Gasteiger partial charge is 0.220 e. The Kier molecular flexibility index (Phi) is 8.83. The first-order valence-electron chi connectivity index (χ1n) is 10.2. The Hall–Kier alpha value is -2.05. The Morgan fingerprint density at radius 3 is 2.38 bits per heavy atom. The van der Waals surface area contributed by atoms with Crippen LogP contribution in [0.25, 0.3) is 0 Å². The van der Waals surface area contributed by atoms with Crippen molar-refractivity contribution in [2.75, 3.05) is 25.4 Å². The minimum absolute atomic E-state index is 0.144. The molecule has 3 rings (SSSR count). The molecule has 0 aliphatic carbocycles. The standard InChI is InChI=1S/C23H29N3OS2/c27-22(12-11-19-7-3-1-4-8-19)25-20-13-16-26(17-14-20)23(28)24-15-18-29-21-9-5-2-6-10-21/h1-10,20H,11-18H2,(H,24,28)(H,25,27). The van der Waals surface area contributed by atoms with Crippen LogP contribution in [0.1, 0.15) is 24.8 Å². The molecule has 0 unspecified atom stereocenters. The lowest BCUT2D eigenvalue weighted by Crippen LogP contribution is -2.49. The van der Waals surface area contributed by atoms with E-state index in [0.717, 1.165) is 49.8 Å². The van der Waals surface area contributed by atoms with Gasteiger partial charge >= 0.3 is 0 Å². The number of rotatable bonds is 8. The van der Waals surface area contributed by atoms with Gasteiger partial charge in [0.25, 0.3) is 0 Å². The van der Waals surface area contributed by atoms with Gasteiger partial charge in [0.15, 0.2) is 5.11 Å². The summed E-state index contributed by atoms with van der Waals surface area (Å²) in [6.45, 7) is 2.64. The molecule has 2 N–H and O–H groups in total. The average Bonchev–Trinajstić information content (AvgIpc) is 2.77. The maximum absolute atomic E-state index is 12.2. The van der Waals surface area contributed by atoms with E-state index in [1.807, 2.05) is 36.0 Å². The minimum atomic E-state index is 0.144. The van der Waals surface area contributed by atoms with Gasteiger partial charge in [0.05, 0.1) is 0 Å². The van der Waals surface area contributed by atoms with Crippen LogP contribution in [0.15, 0.2) is 65.6 Å². The number of nitrogens with one attached hydrogen (secondary N) is 2. The number of thiocarbonyl (C=S) groups is 1. The first-order chi connectivity index (χ1) is 14.2. The Morgan fingerprint density at radius 2 is 1.69 bits per heavy atom. The van der Waals surface area contributed by atoms with E-state index in [1.165, 1.54) is 10.5 Å². The summed E-state index contributed by atoms with van der Waals surface area (Å²) in [5.74, 6) is 1.13. The second-order valence-electron chi connectivity index (χ2n) is 7.21. The molecule has 0 atom stereocenters. The fourth-order valence-corrected chi connectivity index (χ4v) is 4.46. The molecule has 1 saturated heterocycles. The van der Waals surface area contributed by atoms with E-state index < -0.39 is 0 Å². The minimum Gasteiger partial charge on any atom is -0.362 e. The molecule has 0 bridgehead atoms. The normalized spacial score (nSPS) is 14.4. The van der Waals surface area contributed by atoms with Gasteiger partial charge in [0.2, 0.25) is 5.91 Å². The van der Waals surface area contributed by atoms with Gasteiger partial charge < -0.3 is 15.5 Å². The summed E-state index contributed by atoms with van der Waals surface area (Å²) in [7, 11) is 0. The van der Waals surface area contributed by atoms with Gasteiger partial charge in [-0.05, 0) is 49.2 Å². The molecule has 1 aliphatic rings. The Balaban J connectivity index is 1.28. The second-order valence-corrected chi connectivity index (χ2v) is 8.76. The molecule has 1 heterocycles. The van der Waals surface area contributed by atoms with Crippen LogP contribution in [0.2, 0.25) is 0 Å². The van der Waals surface area contributed by atoms with E-state index in [1.54, 1.807) is 0 Å². The van der Waals surface area contributed by atoms with Crippen LogP contribution < -0.4 is 10.6 Å². The highest BCUT2D eigenvalue weighted by Gasteiger charge is 2.21. The molecule has 2 aromatic carbocycles. The molecule has 154 valence electrons. The number of hydrogen-bond donors (Lipinski definition) is 2. The van der Waals surface area contributed by atoms with E-state index in [4.69, 9.17) is 12.2 Å². The maximum Gasteiger partial charge on any atom is 0.220 e. The van der Waals surface area contributed by atoms with Gasteiger partial charge in [-0.2, -0.15) is 0 Å². The molecule has 0 saturated carbocycles. The lowest BCUT2D eigenvalue weighted by Gasteiger charge is -2.34. The fraction of sp³-hybridized carbons (Fsp3) is 0.391. The van der Waals surface area contributed by atoms with Crippen molar-refractivity contribution < 1.29 is 4.79 Å². The highest BCUT2D eigenvalue weighted by atomic mass is 32.2. The van der Waals surface area contributed by atoms with Crippen LogP contribution in [-0.2, 0) is 11.2 Å². The molecule has 6 heteroatoms. The summed E-state index contributed by atoms with van der Waals surface area (Å²) in [6.07, 6.45) is 3.22. The van der Waals surface area contributed by atoms with Crippen molar-refractivity contribution in [2.24, 2.45) is 0 Å². The van der Waals surface area contributed by atoms with Crippen LogP contribution in [-0.4, -0.2) is 47.3 Å². The number of nitrogens with zero attached hydrogens (tertiary/aromatic N) is 1. The number of piperidine rings is 1. The monoisotopic (exact) mass is 427 g/mol. The summed E-state index contributed by atoms with van der Waals surface area (Å²) in [4.78, 5) is 15.7. The van der Waals surface area contributed by atoms with E-state index in [9.17, 15) is 4.79 Å². The SMILES string of the molecule is O=C(CCc1ccccc1)NC1CCN(C(=S)NCCSc2ccccc2)CC1. The highest BCUT2D eigenvalue weighted by molar-refractivity contribution is 7.99. The van der Waals surface area contributed by atoms with E-state index in [0.29, 0.717) is 6.42 Å². The van der Waals surface area contributed by atoms with Crippen molar-refractivity contribution in [1.82, 2.24) is 15.5 Å². The van der Waals surface area contributed by atoms with Crippen molar-refractivity contribution in [3.05, 3.63) is 66.2 Å². The summed E-state index contributed by atoms with van der Waals surface area (Å²) in [5, 5.41) is 7.38. The van der Waals surface area contributed by atoms with Gasteiger partial charge in [-0.25, -0.2) is 0 Å². The topological polar surface area (TPSA) is 44.4 Å². The molecule has 2 aromatic rings. The summed E-state index contributed by atoms with van der Waals surface area (Å²) in [5.41, 5.74) is 1.21. The first kappa shape index (κ1) is 21.7. The number of aryl methyl sites for hydroxylation is 1. The van der Waals surface area contributed by atoms with Crippen molar-refractivity contribution in [2.45, 2.75) is 36.6 Å². The van der Waals surface area contributed by atoms with Crippen LogP contribution in [0, 0.1) is 0 Å².